The lowest BCUT2D eigenvalue weighted by molar-refractivity contribution is -0.140. The molecule has 0 fully saturated rings. The summed E-state index contributed by atoms with van der Waals surface area (Å²) in [6, 6.07) is 10.9. The van der Waals surface area contributed by atoms with Crippen LogP contribution in [0.4, 0.5) is 0 Å². The van der Waals surface area contributed by atoms with E-state index < -0.39 is 12.0 Å². The minimum atomic E-state index is -0.858. The lowest BCUT2D eigenvalue weighted by Crippen LogP contribution is -2.14. The molecule has 8 heteroatoms. The highest BCUT2D eigenvalue weighted by molar-refractivity contribution is 7.15. The third kappa shape index (κ3) is 4.77. The summed E-state index contributed by atoms with van der Waals surface area (Å²) in [5, 5.41) is 11.2. The van der Waals surface area contributed by atoms with Gasteiger partial charge in [0, 0.05) is 46.2 Å². The molecule has 7 nitrogen and oxygen atoms in total. The SMILES string of the molecule is CC(C(=O)O)n1ccc2cc(OCCCOc3ccc(-c4nc5c(s4)CCCC5)cn3)ccc21. The number of hydrogen-bond acceptors (Lipinski definition) is 6. The molecular weight excluding hydrogens is 450 g/mol. The molecule has 1 aromatic carbocycles. The van der Waals surface area contributed by atoms with Gasteiger partial charge in [0.25, 0.3) is 0 Å². The van der Waals surface area contributed by atoms with E-state index in [4.69, 9.17) is 14.5 Å². The van der Waals surface area contributed by atoms with Crippen LogP contribution in [0, 0.1) is 0 Å². The van der Waals surface area contributed by atoms with Crippen LogP contribution in [0.2, 0.25) is 0 Å². The highest BCUT2D eigenvalue weighted by Gasteiger charge is 2.17. The molecule has 0 saturated carbocycles. The van der Waals surface area contributed by atoms with Crippen molar-refractivity contribution in [3.63, 3.8) is 0 Å². The first kappa shape index (κ1) is 22.4. The van der Waals surface area contributed by atoms with Gasteiger partial charge in [0.05, 0.1) is 18.9 Å². The van der Waals surface area contributed by atoms with E-state index in [1.165, 1.54) is 23.4 Å². The predicted molar refractivity (Wildman–Crippen MR) is 132 cm³/mol. The van der Waals surface area contributed by atoms with Gasteiger partial charge < -0.3 is 19.1 Å². The molecule has 0 aliphatic heterocycles. The van der Waals surface area contributed by atoms with Crippen molar-refractivity contribution in [1.29, 1.82) is 0 Å². The number of nitrogens with zero attached hydrogens (tertiary/aromatic N) is 3. The number of aliphatic carboxylic acids is 1. The van der Waals surface area contributed by atoms with Crippen LogP contribution in [0.25, 0.3) is 21.5 Å². The molecule has 1 aliphatic rings. The molecule has 1 unspecified atom stereocenters. The van der Waals surface area contributed by atoms with Gasteiger partial charge in [-0.1, -0.05) is 0 Å². The van der Waals surface area contributed by atoms with Crippen molar-refractivity contribution in [3.8, 4) is 22.2 Å². The van der Waals surface area contributed by atoms with Crippen molar-refractivity contribution in [2.45, 2.75) is 45.1 Å². The highest BCUT2D eigenvalue weighted by Crippen LogP contribution is 2.32. The molecule has 5 rings (SSSR count). The van der Waals surface area contributed by atoms with Crippen LogP contribution in [-0.2, 0) is 17.6 Å². The van der Waals surface area contributed by atoms with E-state index in [2.05, 4.69) is 4.98 Å². The Kier molecular flexibility index (Phi) is 6.49. The fourth-order valence-corrected chi connectivity index (χ4v) is 5.32. The zero-order chi connectivity index (χ0) is 23.5. The minimum absolute atomic E-state index is 0.507. The van der Waals surface area contributed by atoms with E-state index in [-0.39, 0.29) is 0 Å². The highest BCUT2D eigenvalue weighted by atomic mass is 32.1. The minimum Gasteiger partial charge on any atom is -0.493 e. The van der Waals surface area contributed by atoms with Crippen molar-refractivity contribution in [1.82, 2.24) is 14.5 Å². The largest absolute Gasteiger partial charge is 0.493 e. The maximum atomic E-state index is 11.3. The Bertz CT molecular complexity index is 1270. The standard InChI is InChI=1S/C26H27N3O4S/c1-17(26(30)31)29-12-11-18-15-20(8-9-22(18)29)32-13-4-14-33-24-10-7-19(16-27-24)25-28-21-5-2-3-6-23(21)34-25/h7-12,15-17H,2-6,13-14H2,1H3,(H,30,31). The molecule has 1 N–H and O–H groups in total. The maximum absolute atomic E-state index is 11.3. The van der Waals surface area contributed by atoms with E-state index in [1.807, 2.05) is 42.6 Å². The molecular formula is C26H27N3O4S. The van der Waals surface area contributed by atoms with Crippen molar-refractivity contribution >= 4 is 28.2 Å². The van der Waals surface area contributed by atoms with Crippen LogP contribution >= 0.6 is 11.3 Å². The number of hydrogen-bond donors (Lipinski definition) is 1. The number of thiazole rings is 1. The normalized spacial score (nSPS) is 14.0. The average Bonchev–Trinajstić information content (AvgIpc) is 3.48. The second-order valence-electron chi connectivity index (χ2n) is 8.49. The first-order valence-electron chi connectivity index (χ1n) is 11.6. The fourth-order valence-electron chi connectivity index (χ4n) is 4.18. The number of aryl methyl sites for hydroxylation is 2. The van der Waals surface area contributed by atoms with Crippen LogP contribution in [0.1, 0.15) is 42.8 Å². The first-order valence-corrected chi connectivity index (χ1v) is 12.4. The lowest BCUT2D eigenvalue weighted by atomic mass is 10.0. The summed E-state index contributed by atoms with van der Waals surface area (Å²) < 4.78 is 13.4. The number of carboxylic acids is 1. The number of aromatic nitrogens is 3. The Hall–Kier alpha value is -3.39. The molecule has 3 aromatic heterocycles. The Balaban J connectivity index is 1.10. The average molecular weight is 478 g/mol. The number of fused-ring (bicyclic) bond motifs is 2. The Morgan fingerprint density at radius 3 is 2.79 bits per heavy atom. The summed E-state index contributed by atoms with van der Waals surface area (Å²) in [4.78, 5) is 21.9. The molecule has 176 valence electrons. The van der Waals surface area contributed by atoms with Gasteiger partial charge in [-0.2, -0.15) is 0 Å². The van der Waals surface area contributed by atoms with Crippen LogP contribution in [-0.4, -0.2) is 38.8 Å². The quantitative estimate of drug-likeness (QED) is 0.319. The van der Waals surface area contributed by atoms with E-state index in [1.54, 1.807) is 29.0 Å². The first-order chi connectivity index (χ1) is 16.6. The molecule has 0 amide bonds. The molecule has 3 heterocycles. The molecule has 0 saturated heterocycles. The van der Waals surface area contributed by atoms with Crippen molar-refractivity contribution in [2.24, 2.45) is 0 Å². The second kappa shape index (κ2) is 9.85. The zero-order valence-electron chi connectivity index (χ0n) is 19.1. The number of carboxylic acid groups (broad SMARTS) is 1. The van der Waals surface area contributed by atoms with Gasteiger partial charge in [-0.3, -0.25) is 0 Å². The summed E-state index contributed by atoms with van der Waals surface area (Å²) in [5.74, 6) is 0.492. The number of carbonyl (C=O) groups is 1. The van der Waals surface area contributed by atoms with Gasteiger partial charge >= 0.3 is 5.97 Å². The number of benzene rings is 1. The van der Waals surface area contributed by atoms with E-state index >= 15 is 0 Å². The van der Waals surface area contributed by atoms with Gasteiger partial charge in [-0.15, -0.1) is 11.3 Å². The Morgan fingerprint density at radius 2 is 2.00 bits per heavy atom. The summed E-state index contributed by atoms with van der Waals surface area (Å²) >= 11 is 1.79. The monoisotopic (exact) mass is 477 g/mol. The van der Waals surface area contributed by atoms with Gasteiger partial charge in [-0.05, 0) is 62.9 Å². The molecule has 0 radical (unpaired) electrons. The van der Waals surface area contributed by atoms with Crippen LogP contribution in [0.3, 0.4) is 0 Å². The number of rotatable bonds is 9. The van der Waals surface area contributed by atoms with Crippen molar-refractivity contribution in [3.05, 3.63) is 59.4 Å². The van der Waals surface area contributed by atoms with E-state index in [0.29, 0.717) is 19.1 Å². The molecule has 1 aliphatic carbocycles. The second-order valence-corrected chi connectivity index (χ2v) is 9.57. The third-order valence-electron chi connectivity index (χ3n) is 6.10. The number of pyridine rings is 1. The van der Waals surface area contributed by atoms with Crippen LogP contribution in [0.15, 0.2) is 48.8 Å². The smallest absolute Gasteiger partial charge is 0.326 e. The third-order valence-corrected chi connectivity index (χ3v) is 7.31. The lowest BCUT2D eigenvalue weighted by Gasteiger charge is -2.11. The van der Waals surface area contributed by atoms with Crippen LogP contribution < -0.4 is 9.47 Å². The Morgan fingerprint density at radius 1 is 1.15 bits per heavy atom. The molecule has 4 aromatic rings. The topological polar surface area (TPSA) is 86.5 Å². The maximum Gasteiger partial charge on any atom is 0.326 e. The van der Waals surface area contributed by atoms with Gasteiger partial charge in [-0.25, -0.2) is 14.8 Å². The zero-order valence-corrected chi connectivity index (χ0v) is 19.9. The van der Waals surface area contributed by atoms with E-state index in [9.17, 15) is 9.90 Å². The predicted octanol–water partition coefficient (Wildman–Crippen LogP) is 5.53. The van der Waals surface area contributed by atoms with Gasteiger partial charge in [0.1, 0.15) is 16.8 Å². The van der Waals surface area contributed by atoms with Crippen molar-refractivity contribution in [2.75, 3.05) is 13.2 Å². The molecule has 1 atom stereocenters. The molecule has 0 bridgehead atoms. The summed E-state index contributed by atoms with van der Waals surface area (Å²) in [5.41, 5.74) is 3.17. The van der Waals surface area contributed by atoms with Crippen LogP contribution in [0.5, 0.6) is 11.6 Å². The molecule has 34 heavy (non-hydrogen) atoms. The Labute approximate surface area is 202 Å². The number of ether oxygens (including phenoxy) is 2. The van der Waals surface area contributed by atoms with Crippen molar-refractivity contribution < 1.29 is 19.4 Å². The van der Waals surface area contributed by atoms with Gasteiger partial charge in [0.15, 0.2) is 0 Å². The van der Waals surface area contributed by atoms with E-state index in [0.717, 1.165) is 46.5 Å². The molecule has 0 spiro atoms. The summed E-state index contributed by atoms with van der Waals surface area (Å²) in [6.45, 7) is 2.69. The summed E-state index contributed by atoms with van der Waals surface area (Å²) in [6.07, 6.45) is 9.08. The van der Waals surface area contributed by atoms with Gasteiger partial charge in [0.2, 0.25) is 5.88 Å². The summed E-state index contributed by atoms with van der Waals surface area (Å²) in [7, 11) is 0. The fraction of sp³-hybridized carbons (Fsp3) is 0.346.